The second-order valence-electron chi connectivity index (χ2n) is 8.94. The second-order valence-corrected chi connectivity index (χ2v) is 8.94. The zero-order valence-electron chi connectivity index (χ0n) is 15.2. The van der Waals surface area contributed by atoms with Crippen molar-refractivity contribution < 1.29 is 14.7 Å². The first-order valence-corrected chi connectivity index (χ1v) is 10.3. The van der Waals surface area contributed by atoms with Crippen molar-refractivity contribution in [3.05, 3.63) is 0 Å². The van der Waals surface area contributed by atoms with Gasteiger partial charge in [-0.25, -0.2) is 0 Å². The smallest absolute Gasteiger partial charge is 0.306 e. The predicted molar refractivity (Wildman–Crippen MR) is 95.0 cm³/mol. The monoisotopic (exact) mass is 348 g/mol. The zero-order chi connectivity index (χ0) is 17.4. The van der Waals surface area contributed by atoms with Crippen LogP contribution in [0.4, 0.5) is 0 Å². The van der Waals surface area contributed by atoms with E-state index in [1.165, 1.54) is 32.2 Å². The van der Waals surface area contributed by atoms with E-state index >= 15 is 0 Å². The molecule has 140 valence electrons. The minimum absolute atomic E-state index is 0.153. The Morgan fingerprint density at radius 3 is 2.48 bits per heavy atom. The molecule has 25 heavy (non-hydrogen) atoms. The van der Waals surface area contributed by atoms with Gasteiger partial charge in [0, 0.05) is 19.0 Å². The van der Waals surface area contributed by atoms with E-state index in [1.54, 1.807) is 0 Å². The van der Waals surface area contributed by atoms with Crippen LogP contribution in [0.1, 0.15) is 57.8 Å². The first kappa shape index (κ1) is 17.3. The van der Waals surface area contributed by atoms with Crippen molar-refractivity contribution in [1.82, 2.24) is 10.2 Å². The number of amides is 1. The molecule has 0 aromatic heterocycles. The Balaban J connectivity index is 1.32. The fourth-order valence-electron chi connectivity index (χ4n) is 6.05. The molecular weight excluding hydrogens is 316 g/mol. The van der Waals surface area contributed by atoms with Crippen LogP contribution in [-0.4, -0.2) is 47.6 Å². The predicted octanol–water partition coefficient (Wildman–Crippen LogP) is 2.50. The number of nitrogens with one attached hydrogen (secondary N) is 1. The van der Waals surface area contributed by atoms with Crippen LogP contribution in [0.2, 0.25) is 0 Å². The maximum absolute atomic E-state index is 12.7. The summed E-state index contributed by atoms with van der Waals surface area (Å²) in [6.45, 7) is 3.24. The molecule has 2 aliphatic heterocycles. The maximum Gasteiger partial charge on any atom is 0.306 e. The van der Waals surface area contributed by atoms with Gasteiger partial charge in [-0.15, -0.1) is 0 Å². The number of rotatable bonds is 3. The highest BCUT2D eigenvalue weighted by molar-refractivity contribution is 5.79. The summed E-state index contributed by atoms with van der Waals surface area (Å²) in [5.41, 5.74) is 0. The van der Waals surface area contributed by atoms with Gasteiger partial charge in [-0.05, 0) is 88.1 Å². The normalized spacial score (nSPS) is 42.2. The molecule has 2 N–H and O–H groups in total. The molecule has 4 rings (SSSR count). The molecule has 0 radical (unpaired) electrons. The molecule has 0 aromatic carbocycles. The molecule has 4 unspecified atom stereocenters. The fraction of sp³-hybridized carbons (Fsp3) is 0.900. The van der Waals surface area contributed by atoms with Crippen molar-refractivity contribution in [2.45, 2.75) is 63.8 Å². The van der Waals surface area contributed by atoms with E-state index in [1.807, 2.05) is 0 Å². The highest BCUT2D eigenvalue weighted by Crippen LogP contribution is 2.41. The highest BCUT2D eigenvalue weighted by Gasteiger charge is 2.42. The number of fused-ring (bicyclic) bond motifs is 1. The molecule has 1 amide bonds. The van der Waals surface area contributed by atoms with Crippen LogP contribution in [0.3, 0.4) is 0 Å². The minimum atomic E-state index is -0.638. The van der Waals surface area contributed by atoms with E-state index in [0.29, 0.717) is 30.2 Å². The topological polar surface area (TPSA) is 69.6 Å². The van der Waals surface area contributed by atoms with Gasteiger partial charge in [0.15, 0.2) is 0 Å². The largest absolute Gasteiger partial charge is 0.481 e. The number of hydrogen-bond acceptors (Lipinski definition) is 3. The van der Waals surface area contributed by atoms with Crippen LogP contribution in [0.15, 0.2) is 0 Å². The lowest BCUT2D eigenvalue weighted by molar-refractivity contribution is -0.143. The Hall–Kier alpha value is -1.10. The zero-order valence-corrected chi connectivity index (χ0v) is 15.2. The second kappa shape index (κ2) is 7.26. The molecule has 2 heterocycles. The number of likely N-dealkylation sites (tertiary alicyclic amines) is 1. The van der Waals surface area contributed by atoms with Crippen molar-refractivity contribution in [2.24, 2.45) is 29.6 Å². The van der Waals surface area contributed by atoms with Gasteiger partial charge in [0.25, 0.3) is 0 Å². The number of carboxylic acids is 1. The number of carbonyl (C=O) groups is 2. The standard InChI is InChI=1S/C20H32N2O3/c23-19-10-17(13-1-3-14(4-2-13)20(24)25)12-22(19)18-6-5-16-11-21-8-7-15(16)9-18/h13-18,21H,1-12H2,(H,24,25). The van der Waals surface area contributed by atoms with E-state index in [-0.39, 0.29) is 5.92 Å². The van der Waals surface area contributed by atoms with E-state index in [9.17, 15) is 14.7 Å². The first-order valence-electron chi connectivity index (χ1n) is 10.3. The summed E-state index contributed by atoms with van der Waals surface area (Å²) in [4.78, 5) is 26.0. The molecule has 2 saturated carbocycles. The summed E-state index contributed by atoms with van der Waals surface area (Å²) in [6.07, 6.45) is 9.19. The van der Waals surface area contributed by atoms with E-state index < -0.39 is 5.97 Å². The van der Waals surface area contributed by atoms with Crippen molar-refractivity contribution >= 4 is 11.9 Å². The molecule has 0 bridgehead atoms. The molecular formula is C20H32N2O3. The summed E-state index contributed by atoms with van der Waals surface area (Å²) in [5.74, 6) is 2.22. The molecule has 4 fully saturated rings. The van der Waals surface area contributed by atoms with Gasteiger partial charge in [0.2, 0.25) is 5.91 Å². The number of carbonyl (C=O) groups excluding carboxylic acids is 1. The van der Waals surface area contributed by atoms with Crippen molar-refractivity contribution in [1.29, 1.82) is 0 Å². The number of carboxylic acid groups (broad SMARTS) is 1. The van der Waals surface area contributed by atoms with E-state index in [4.69, 9.17) is 0 Å². The minimum Gasteiger partial charge on any atom is -0.481 e. The maximum atomic E-state index is 12.7. The lowest BCUT2D eigenvalue weighted by atomic mass is 9.73. The summed E-state index contributed by atoms with van der Waals surface area (Å²) >= 11 is 0. The lowest BCUT2D eigenvalue weighted by Gasteiger charge is -2.42. The molecule has 5 heteroatoms. The third-order valence-electron chi connectivity index (χ3n) is 7.63. The SMILES string of the molecule is O=C(O)C1CCC(C2CC(=O)N(C3CCC4CNCCC4C3)C2)CC1. The van der Waals surface area contributed by atoms with Crippen LogP contribution in [0.25, 0.3) is 0 Å². The van der Waals surface area contributed by atoms with Crippen LogP contribution >= 0.6 is 0 Å². The summed E-state index contributed by atoms with van der Waals surface area (Å²) in [7, 11) is 0. The van der Waals surface area contributed by atoms with E-state index in [2.05, 4.69) is 10.2 Å². The molecule has 4 aliphatic rings. The summed E-state index contributed by atoms with van der Waals surface area (Å²) < 4.78 is 0. The molecule has 0 aromatic rings. The summed E-state index contributed by atoms with van der Waals surface area (Å²) in [6, 6.07) is 0.465. The third kappa shape index (κ3) is 3.57. The van der Waals surface area contributed by atoms with Crippen molar-refractivity contribution in [2.75, 3.05) is 19.6 Å². The fourth-order valence-corrected chi connectivity index (χ4v) is 6.05. The van der Waals surface area contributed by atoms with Gasteiger partial charge in [-0.1, -0.05) is 0 Å². The van der Waals surface area contributed by atoms with Gasteiger partial charge in [-0.3, -0.25) is 9.59 Å². The van der Waals surface area contributed by atoms with Crippen molar-refractivity contribution in [3.8, 4) is 0 Å². The third-order valence-corrected chi connectivity index (χ3v) is 7.63. The van der Waals surface area contributed by atoms with Crippen LogP contribution < -0.4 is 5.32 Å². The Kier molecular flexibility index (Phi) is 5.03. The Bertz CT molecular complexity index is 515. The number of piperidine rings is 1. The number of hydrogen-bond donors (Lipinski definition) is 2. The molecule has 4 atom stereocenters. The Labute approximate surface area is 150 Å². The average molecular weight is 348 g/mol. The highest BCUT2D eigenvalue weighted by atomic mass is 16.4. The van der Waals surface area contributed by atoms with Gasteiger partial charge in [0.1, 0.15) is 0 Å². The van der Waals surface area contributed by atoms with Crippen molar-refractivity contribution in [3.63, 3.8) is 0 Å². The van der Waals surface area contributed by atoms with Crippen LogP contribution in [0, 0.1) is 29.6 Å². The Morgan fingerprint density at radius 2 is 1.72 bits per heavy atom. The summed E-state index contributed by atoms with van der Waals surface area (Å²) in [5, 5.41) is 12.7. The van der Waals surface area contributed by atoms with Gasteiger partial charge in [-0.2, -0.15) is 0 Å². The van der Waals surface area contributed by atoms with Crippen LogP contribution in [0.5, 0.6) is 0 Å². The molecule has 0 spiro atoms. The van der Waals surface area contributed by atoms with Gasteiger partial charge >= 0.3 is 5.97 Å². The van der Waals surface area contributed by atoms with Crippen LogP contribution in [-0.2, 0) is 9.59 Å². The average Bonchev–Trinajstić information content (AvgIpc) is 3.03. The number of aliphatic carboxylic acids is 1. The Morgan fingerprint density at radius 1 is 0.960 bits per heavy atom. The molecule has 5 nitrogen and oxygen atoms in total. The molecule has 2 saturated heterocycles. The molecule has 2 aliphatic carbocycles. The first-order chi connectivity index (χ1) is 12.1. The number of nitrogens with zero attached hydrogens (tertiary/aromatic N) is 1. The van der Waals surface area contributed by atoms with Gasteiger partial charge in [0.05, 0.1) is 5.92 Å². The van der Waals surface area contributed by atoms with Gasteiger partial charge < -0.3 is 15.3 Å². The quantitative estimate of drug-likeness (QED) is 0.822. The van der Waals surface area contributed by atoms with E-state index in [0.717, 1.165) is 50.6 Å². The lowest BCUT2D eigenvalue weighted by Crippen LogP contribution is -2.47.